The van der Waals surface area contributed by atoms with Crippen LogP contribution < -0.4 is 0 Å². The van der Waals surface area contributed by atoms with Gasteiger partial charge in [0.1, 0.15) is 6.61 Å². The Hall–Kier alpha value is -2.41. The summed E-state index contributed by atoms with van der Waals surface area (Å²) in [6.07, 6.45) is 7.31. The molecule has 0 fully saturated rings. The molecule has 0 bridgehead atoms. The zero-order valence-corrected chi connectivity index (χ0v) is 22.1. The van der Waals surface area contributed by atoms with Crippen LogP contribution in [-0.4, -0.2) is 70.8 Å². The molecule has 0 heterocycles. The van der Waals surface area contributed by atoms with Gasteiger partial charge in [-0.1, -0.05) is 87.6 Å². The summed E-state index contributed by atoms with van der Waals surface area (Å²) in [6.45, 7) is 6.51. The van der Waals surface area contributed by atoms with Gasteiger partial charge in [-0.3, -0.25) is 0 Å². The molecular weight excluding hydrogens is 454 g/mol. The normalized spacial score (nSPS) is 12.4. The number of ether oxygens (including phenoxy) is 4. The second-order valence-corrected chi connectivity index (χ2v) is 9.33. The van der Waals surface area contributed by atoms with Crippen LogP contribution in [0.3, 0.4) is 0 Å². The van der Waals surface area contributed by atoms with Crippen molar-refractivity contribution < 1.29 is 23.7 Å². The highest BCUT2D eigenvalue weighted by Gasteiger charge is 2.29. The van der Waals surface area contributed by atoms with Crippen molar-refractivity contribution in [2.45, 2.75) is 51.4 Å². The Bertz CT molecular complexity index is 857. The number of fused-ring (bicyclic) bond motifs is 3. The largest absolute Gasteiger partial charge is 0.448 e. The molecule has 0 aliphatic heterocycles. The van der Waals surface area contributed by atoms with E-state index in [0.717, 1.165) is 13.0 Å². The third-order valence-corrected chi connectivity index (χ3v) is 6.61. The third-order valence-electron chi connectivity index (χ3n) is 6.61. The van der Waals surface area contributed by atoms with E-state index in [-0.39, 0.29) is 12.0 Å². The number of nitrogens with zero attached hydrogens (tertiary/aromatic N) is 1. The molecule has 198 valence electrons. The molecule has 1 aliphatic rings. The summed E-state index contributed by atoms with van der Waals surface area (Å²) in [7, 11) is 1.74. The van der Waals surface area contributed by atoms with Crippen LogP contribution in [0.25, 0.3) is 11.1 Å². The monoisotopic (exact) mass is 497 g/mol. The van der Waals surface area contributed by atoms with Gasteiger partial charge in [0, 0.05) is 26.1 Å². The van der Waals surface area contributed by atoms with Gasteiger partial charge >= 0.3 is 6.09 Å². The van der Waals surface area contributed by atoms with Crippen LogP contribution in [0.15, 0.2) is 48.5 Å². The molecule has 0 spiro atoms. The van der Waals surface area contributed by atoms with E-state index in [4.69, 9.17) is 18.9 Å². The molecule has 2 aromatic carbocycles. The van der Waals surface area contributed by atoms with Gasteiger partial charge < -0.3 is 23.8 Å². The summed E-state index contributed by atoms with van der Waals surface area (Å²) in [5.41, 5.74) is 4.88. The van der Waals surface area contributed by atoms with E-state index in [0.29, 0.717) is 46.2 Å². The van der Waals surface area contributed by atoms with Gasteiger partial charge in [0.25, 0.3) is 0 Å². The number of amides is 1. The zero-order chi connectivity index (χ0) is 25.4. The Morgan fingerprint density at radius 2 is 1.25 bits per heavy atom. The highest BCUT2D eigenvalue weighted by Crippen LogP contribution is 2.44. The first-order valence-corrected chi connectivity index (χ1v) is 13.5. The van der Waals surface area contributed by atoms with Gasteiger partial charge in [0.15, 0.2) is 0 Å². The third kappa shape index (κ3) is 8.91. The summed E-state index contributed by atoms with van der Waals surface area (Å²) in [5, 5.41) is 0. The van der Waals surface area contributed by atoms with Crippen molar-refractivity contribution in [1.29, 1.82) is 0 Å². The fourth-order valence-corrected chi connectivity index (χ4v) is 4.52. The number of hydrogen-bond donors (Lipinski definition) is 0. The molecule has 1 aliphatic carbocycles. The Morgan fingerprint density at radius 1 is 0.722 bits per heavy atom. The number of benzene rings is 2. The Labute approximate surface area is 216 Å². The van der Waals surface area contributed by atoms with Crippen LogP contribution in [0, 0.1) is 0 Å². The van der Waals surface area contributed by atoms with E-state index in [9.17, 15) is 4.79 Å². The molecule has 0 aromatic heterocycles. The molecular formula is C30H43NO5. The Balaban J connectivity index is 1.20. The second-order valence-electron chi connectivity index (χ2n) is 9.33. The quantitative estimate of drug-likeness (QED) is 0.227. The summed E-state index contributed by atoms with van der Waals surface area (Å²) < 4.78 is 22.4. The maximum Gasteiger partial charge on any atom is 0.409 e. The van der Waals surface area contributed by atoms with Crippen molar-refractivity contribution in [2.24, 2.45) is 0 Å². The molecule has 6 heteroatoms. The molecule has 0 saturated carbocycles. The van der Waals surface area contributed by atoms with E-state index in [1.807, 2.05) is 24.3 Å². The van der Waals surface area contributed by atoms with Gasteiger partial charge in [-0.15, -0.1) is 0 Å². The molecule has 0 N–H and O–H groups in total. The van der Waals surface area contributed by atoms with Crippen LogP contribution in [0.2, 0.25) is 0 Å². The predicted octanol–water partition coefficient (Wildman–Crippen LogP) is 6.28. The first-order valence-electron chi connectivity index (χ1n) is 13.5. The highest BCUT2D eigenvalue weighted by atomic mass is 16.6. The number of carbonyl (C=O) groups excluding carboxylic acids is 1. The molecule has 0 saturated heterocycles. The molecule has 6 nitrogen and oxygen atoms in total. The van der Waals surface area contributed by atoms with Crippen LogP contribution in [0.4, 0.5) is 4.79 Å². The van der Waals surface area contributed by atoms with Crippen LogP contribution in [-0.2, 0) is 18.9 Å². The van der Waals surface area contributed by atoms with Crippen molar-refractivity contribution in [2.75, 3.05) is 59.8 Å². The smallest absolute Gasteiger partial charge is 0.409 e. The molecule has 3 rings (SSSR count). The minimum absolute atomic E-state index is 0.0675. The SMILES string of the molecule is CCCCCCCCOCCOCCOCCN(C)C(=O)OCC1c2ccccc2-c2ccccc21. The predicted molar refractivity (Wildman–Crippen MR) is 144 cm³/mol. The lowest BCUT2D eigenvalue weighted by atomic mass is 9.98. The molecule has 1 amide bonds. The van der Waals surface area contributed by atoms with E-state index in [1.54, 1.807) is 11.9 Å². The number of hydrogen-bond acceptors (Lipinski definition) is 5. The minimum atomic E-state index is -0.334. The first kappa shape index (κ1) is 28.2. The van der Waals surface area contributed by atoms with Crippen LogP contribution in [0.1, 0.15) is 62.5 Å². The minimum Gasteiger partial charge on any atom is -0.448 e. The maximum absolute atomic E-state index is 12.5. The molecule has 2 aromatic rings. The summed E-state index contributed by atoms with van der Waals surface area (Å²) in [6, 6.07) is 16.7. The summed E-state index contributed by atoms with van der Waals surface area (Å²) in [4.78, 5) is 14.1. The van der Waals surface area contributed by atoms with Crippen molar-refractivity contribution >= 4 is 6.09 Å². The second kappa shape index (κ2) is 16.4. The lowest BCUT2D eigenvalue weighted by molar-refractivity contribution is 0.0105. The van der Waals surface area contributed by atoms with E-state index >= 15 is 0 Å². The number of carbonyl (C=O) groups is 1. The van der Waals surface area contributed by atoms with E-state index < -0.39 is 0 Å². The Kier molecular flexibility index (Phi) is 12.8. The van der Waals surface area contributed by atoms with Gasteiger partial charge in [-0.25, -0.2) is 4.79 Å². The fraction of sp³-hybridized carbons (Fsp3) is 0.567. The standard InChI is InChI=1S/C30H43NO5/c1-3-4-5-6-7-12-18-33-20-22-35-23-21-34-19-17-31(2)30(32)36-24-29-27-15-10-8-13-25(27)26-14-9-11-16-28(26)29/h8-11,13-16,29H,3-7,12,17-24H2,1-2H3. The molecule has 0 unspecified atom stereocenters. The van der Waals surface area contributed by atoms with Crippen molar-refractivity contribution in [3.63, 3.8) is 0 Å². The lowest BCUT2D eigenvalue weighted by Gasteiger charge is -2.19. The van der Waals surface area contributed by atoms with Gasteiger partial charge in [0.2, 0.25) is 0 Å². The van der Waals surface area contributed by atoms with E-state index in [1.165, 1.54) is 54.4 Å². The van der Waals surface area contributed by atoms with Crippen LogP contribution in [0.5, 0.6) is 0 Å². The zero-order valence-electron chi connectivity index (χ0n) is 22.1. The number of rotatable bonds is 18. The summed E-state index contributed by atoms with van der Waals surface area (Å²) in [5.74, 6) is 0.0675. The van der Waals surface area contributed by atoms with Gasteiger partial charge in [-0.05, 0) is 28.7 Å². The van der Waals surface area contributed by atoms with Crippen molar-refractivity contribution in [3.8, 4) is 11.1 Å². The van der Waals surface area contributed by atoms with Gasteiger partial charge in [0.05, 0.1) is 33.0 Å². The summed E-state index contributed by atoms with van der Waals surface area (Å²) >= 11 is 0. The average Bonchev–Trinajstić information content (AvgIpc) is 3.23. The van der Waals surface area contributed by atoms with Crippen LogP contribution >= 0.6 is 0 Å². The average molecular weight is 498 g/mol. The first-order chi connectivity index (χ1) is 17.7. The highest BCUT2D eigenvalue weighted by molar-refractivity contribution is 5.79. The number of unbranched alkanes of at least 4 members (excludes halogenated alkanes) is 5. The number of likely N-dealkylation sites (N-methyl/N-ethyl adjacent to an activating group) is 1. The molecule has 0 radical (unpaired) electrons. The Morgan fingerprint density at radius 3 is 1.89 bits per heavy atom. The van der Waals surface area contributed by atoms with Crippen molar-refractivity contribution in [3.05, 3.63) is 59.7 Å². The van der Waals surface area contributed by atoms with Gasteiger partial charge in [-0.2, -0.15) is 0 Å². The molecule has 36 heavy (non-hydrogen) atoms. The topological polar surface area (TPSA) is 57.2 Å². The maximum atomic E-state index is 12.5. The van der Waals surface area contributed by atoms with Crippen molar-refractivity contribution in [1.82, 2.24) is 4.90 Å². The van der Waals surface area contributed by atoms with E-state index in [2.05, 4.69) is 31.2 Å². The molecule has 0 atom stereocenters. The lowest BCUT2D eigenvalue weighted by Crippen LogP contribution is -2.32. The fourth-order valence-electron chi connectivity index (χ4n) is 4.52.